The van der Waals surface area contributed by atoms with E-state index in [2.05, 4.69) is 0 Å². The molecule has 0 heterocycles. The summed E-state index contributed by atoms with van der Waals surface area (Å²) in [6, 6.07) is 9.53. The third-order valence-electron chi connectivity index (χ3n) is 3.53. The van der Waals surface area contributed by atoms with E-state index in [1.807, 2.05) is 30.3 Å². The van der Waals surface area contributed by atoms with Crippen LogP contribution in [-0.2, 0) is 4.79 Å². The fourth-order valence-electron chi connectivity index (χ4n) is 2.31. The Morgan fingerprint density at radius 3 is 1.80 bits per heavy atom. The van der Waals surface area contributed by atoms with Gasteiger partial charge in [-0.15, -0.1) is 0 Å². The first-order valence-electron chi connectivity index (χ1n) is 7.78. The number of rotatable bonds is 11. The van der Waals surface area contributed by atoms with Crippen LogP contribution in [-0.4, -0.2) is 11.6 Å². The first kappa shape index (κ1) is 16.6. The Bertz CT molecular complexity index is 395. The SMILES string of the molecule is CC(=O)CCCCCCCCCC(=O)c1ccccc1. The van der Waals surface area contributed by atoms with E-state index in [-0.39, 0.29) is 5.78 Å². The number of carbonyl (C=O) groups is 2. The van der Waals surface area contributed by atoms with E-state index in [0.29, 0.717) is 12.2 Å². The number of Topliss-reactive ketones (excluding diaryl/α,β-unsaturated/α-hetero) is 2. The van der Waals surface area contributed by atoms with Crippen LogP contribution in [0.5, 0.6) is 0 Å². The van der Waals surface area contributed by atoms with Crippen molar-refractivity contribution in [2.45, 2.75) is 64.7 Å². The van der Waals surface area contributed by atoms with Gasteiger partial charge in [0.2, 0.25) is 0 Å². The van der Waals surface area contributed by atoms with Crippen LogP contribution in [0.3, 0.4) is 0 Å². The lowest BCUT2D eigenvalue weighted by molar-refractivity contribution is -0.117. The standard InChI is InChI=1S/C18H26O2/c1-16(19)12-8-5-3-2-4-6-11-15-18(20)17-13-9-7-10-14-17/h7,9-10,13-14H,2-6,8,11-12,15H2,1H3. The van der Waals surface area contributed by atoms with Gasteiger partial charge in [-0.25, -0.2) is 0 Å². The van der Waals surface area contributed by atoms with Crippen molar-refractivity contribution in [3.05, 3.63) is 35.9 Å². The molecular formula is C18H26O2. The van der Waals surface area contributed by atoms with E-state index in [9.17, 15) is 9.59 Å². The molecule has 110 valence electrons. The van der Waals surface area contributed by atoms with Gasteiger partial charge in [0.25, 0.3) is 0 Å². The maximum Gasteiger partial charge on any atom is 0.162 e. The van der Waals surface area contributed by atoms with Crippen molar-refractivity contribution in [1.29, 1.82) is 0 Å². The quantitative estimate of drug-likeness (QED) is 0.422. The van der Waals surface area contributed by atoms with Crippen LogP contribution in [0.4, 0.5) is 0 Å². The minimum absolute atomic E-state index is 0.257. The summed E-state index contributed by atoms with van der Waals surface area (Å²) in [6.07, 6.45) is 9.32. The maximum absolute atomic E-state index is 11.9. The van der Waals surface area contributed by atoms with Crippen LogP contribution in [0.15, 0.2) is 30.3 Å². The molecule has 0 saturated heterocycles. The van der Waals surface area contributed by atoms with Crippen molar-refractivity contribution >= 4 is 11.6 Å². The monoisotopic (exact) mass is 274 g/mol. The zero-order chi connectivity index (χ0) is 14.6. The highest BCUT2D eigenvalue weighted by Gasteiger charge is 2.03. The largest absolute Gasteiger partial charge is 0.300 e. The molecule has 0 aliphatic rings. The molecule has 0 saturated carbocycles. The molecule has 0 aromatic heterocycles. The molecule has 0 aliphatic heterocycles. The Morgan fingerprint density at radius 2 is 1.25 bits per heavy atom. The molecule has 1 aromatic rings. The fourth-order valence-corrected chi connectivity index (χ4v) is 2.31. The summed E-state index contributed by atoms with van der Waals surface area (Å²) in [5, 5.41) is 0. The number of hydrogen-bond acceptors (Lipinski definition) is 2. The third-order valence-corrected chi connectivity index (χ3v) is 3.53. The molecule has 0 amide bonds. The van der Waals surface area contributed by atoms with Gasteiger partial charge in [0.05, 0.1) is 0 Å². The summed E-state index contributed by atoms with van der Waals surface area (Å²) in [5.41, 5.74) is 0.830. The van der Waals surface area contributed by atoms with E-state index >= 15 is 0 Å². The average molecular weight is 274 g/mol. The molecule has 2 heteroatoms. The van der Waals surface area contributed by atoms with Crippen molar-refractivity contribution < 1.29 is 9.59 Å². The predicted molar refractivity (Wildman–Crippen MR) is 83.0 cm³/mol. The lowest BCUT2D eigenvalue weighted by Crippen LogP contribution is -1.98. The number of benzene rings is 1. The highest BCUT2D eigenvalue weighted by atomic mass is 16.1. The first-order chi connectivity index (χ1) is 9.70. The number of hydrogen-bond donors (Lipinski definition) is 0. The van der Waals surface area contributed by atoms with Crippen molar-refractivity contribution in [2.24, 2.45) is 0 Å². The Kier molecular flexibility index (Phi) is 8.61. The van der Waals surface area contributed by atoms with Gasteiger partial charge < -0.3 is 4.79 Å². The van der Waals surface area contributed by atoms with Gasteiger partial charge in [0, 0.05) is 18.4 Å². The highest BCUT2D eigenvalue weighted by molar-refractivity contribution is 5.95. The molecule has 0 spiro atoms. The molecular weight excluding hydrogens is 248 g/mol. The van der Waals surface area contributed by atoms with E-state index in [1.165, 1.54) is 19.3 Å². The number of ketones is 2. The molecule has 0 aliphatic carbocycles. The van der Waals surface area contributed by atoms with Crippen molar-refractivity contribution in [3.8, 4) is 0 Å². The molecule has 0 fully saturated rings. The van der Waals surface area contributed by atoms with E-state index in [0.717, 1.165) is 37.7 Å². The summed E-state index contributed by atoms with van der Waals surface area (Å²) in [6.45, 7) is 1.66. The van der Waals surface area contributed by atoms with Crippen LogP contribution in [0.1, 0.15) is 75.1 Å². The lowest BCUT2D eigenvalue weighted by atomic mass is 10.0. The Morgan fingerprint density at radius 1 is 0.750 bits per heavy atom. The zero-order valence-corrected chi connectivity index (χ0v) is 12.6. The zero-order valence-electron chi connectivity index (χ0n) is 12.6. The molecule has 0 bridgehead atoms. The molecule has 1 aromatic carbocycles. The van der Waals surface area contributed by atoms with Gasteiger partial charge >= 0.3 is 0 Å². The van der Waals surface area contributed by atoms with Gasteiger partial charge in [0.1, 0.15) is 5.78 Å². The summed E-state index contributed by atoms with van der Waals surface area (Å²) in [7, 11) is 0. The summed E-state index contributed by atoms with van der Waals surface area (Å²) >= 11 is 0. The second-order valence-corrected chi connectivity index (χ2v) is 5.47. The van der Waals surface area contributed by atoms with Crippen LogP contribution >= 0.6 is 0 Å². The molecule has 0 unspecified atom stereocenters. The minimum Gasteiger partial charge on any atom is -0.300 e. The van der Waals surface area contributed by atoms with Gasteiger partial charge in [-0.1, -0.05) is 62.4 Å². The number of unbranched alkanes of at least 4 members (excludes halogenated alkanes) is 6. The van der Waals surface area contributed by atoms with Gasteiger partial charge in [-0.05, 0) is 19.8 Å². The fraction of sp³-hybridized carbons (Fsp3) is 0.556. The van der Waals surface area contributed by atoms with Crippen LogP contribution in [0.2, 0.25) is 0 Å². The Labute approximate surface area is 122 Å². The van der Waals surface area contributed by atoms with Crippen LogP contribution in [0, 0.1) is 0 Å². The van der Waals surface area contributed by atoms with Crippen molar-refractivity contribution in [2.75, 3.05) is 0 Å². The highest BCUT2D eigenvalue weighted by Crippen LogP contribution is 2.12. The second-order valence-electron chi connectivity index (χ2n) is 5.47. The topological polar surface area (TPSA) is 34.1 Å². The molecule has 0 N–H and O–H groups in total. The maximum atomic E-state index is 11.9. The smallest absolute Gasteiger partial charge is 0.162 e. The van der Waals surface area contributed by atoms with E-state index < -0.39 is 0 Å². The van der Waals surface area contributed by atoms with Crippen LogP contribution < -0.4 is 0 Å². The normalized spacial score (nSPS) is 10.4. The third kappa shape index (κ3) is 7.88. The predicted octanol–water partition coefficient (Wildman–Crippen LogP) is 4.97. The van der Waals surface area contributed by atoms with E-state index in [1.54, 1.807) is 6.92 Å². The number of carbonyl (C=O) groups excluding carboxylic acids is 2. The Hall–Kier alpha value is -1.44. The molecule has 1 rings (SSSR count). The minimum atomic E-state index is 0.257. The Balaban J connectivity index is 1.95. The van der Waals surface area contributed by atoms with Gasteiger partial charge in [0.15, 0.2) is 5.78 Å². The van der Waals surface area contributed by atoms with Gasteiger partial charge in [-0.3, -0.25) is 4.79 Å². The summed E-state index contributed by atoms with van der Waals surface area (Å²) in [4.78, 5) is 22.6. The second kappa shape index (κ2) is 10.4. The van der Waals surface area contributed by atoms with Crippen molar-refractivity contribution in [1.82, 2.24) is 0 Å². The summed E-state index contributed by atoms with van der Waals surface area (Å²) < 4.78 is 0. The average Bonchev–Trinajstić information content (AvgIpc) is 2.46. The molecule has 0 radical (unpaired) electrons. The molecule has 20 heavy (non-hydrogen) atoms. The lowest BCUT2D eigenvalue weighted by Gasteiger charge is -2.02. The van der Waals surface area contributed by atoms with Gasteiger partial charge in [-0.2, -0.15) is 0 Å². The summed E-state index contributed by atoms with van der Waals surface area (Å²) in [5.74, 6) is 0.552. The van der Waals surface area contributed by atoms with Crippen LogP contribution in [0.25, 0.3) is 0 Å². The molecule has 0 atom stereocenters. The first-order valence-corrected chi connectivity index (χ1v) is 7.78. The van der Waals surface area contributed by atoms with E-state index in [4.69, 9.17) is 0 Å². The molecule has 2 nitrogen and oxygen atoms in total. The van der Waals surface area contributed by atoms with Crippen molar-refractivity contribution in [3.63, 3.8) is 0 Å².